The number of terminal acetylenes is 1. The van der Waals surface area contributed by atoms with Gasteiger partial charge in [-0.05, 0) is 12.5 Å². The summed E-state index contributed by atoms with van der Waals surface area (Å²) in [6.07, 6.45) is 5.63. The minimum Gasteiger partial charge on any atom is -0.456 e. The molecule has 0 N–H and O–H groups in total. The molecule has 154 valence electrons. The Balaban J connectivity index is 2.89. The lowest BCUT2D eigenvalue weighted by molar-refractivity contribution is -0.279. The van der Waals surface area contributed by atoms with Gasteiger partial charge in [-0.1, -0.05) is 5.92 Å². The van der Waals surface area contributed by atoms with Crippen molar-refractivity contribution in [1.29, 1.82) is 0 Å². The van der Waals surface area contributed by atoms with Gasteiger partial charge in [0.25, 0.3) is 0 Å². The predicted molar refractivity (Wildman–Crippen MR) is 100 cm³/mol. The van der Waals surface area contributed by atoms with E-state index in [2.05, 4.69) is 18.4 Å². The predicted octanol–water partition coefficient (Wildman–Crippen LogP) is 0.852. The van der Waals surface area contributed by atoms with Gasteiger partial charge < -0.3 is 23.7 Å². The van der Waals surface area contributed by atoms with Gasteiger partial charge in [-0.15, -0.1) is 6.42 Å². The molecule has 0 amide bonds. The highest BCUT2D eigenvalue weighted by atomic mass is 32.3. The molecule has 1 fully saturated rings. The number of carbonyl (C=O) groups excluding carboxylic acids is 3. The van der Waals surface area contributed by atoms with E-state index >= 15 is 0 Å². The molecule has 0 saturated carbocycles. The Hall–Kier alpha value is -1.76. The maximum Gasteiger partial charge on any atom is 0.303 e. The maximum absolute atomic E-state index is 11.5. The smallest absolute Gasteiger partial charge is 0.303 e. The Kier molecular flexibility index (Phi) is 9.09. The lowest BCUT2D eigenvalue weighted by Crippen LogP contribution is -2.58. The average molecular weight is 404 g/mol. The van der Waals surface area contributed by atoms with Crippen LogP contribution in [-0.2, 0) is 38.1 Å². The third-order valence-corrected chi connectivity index (χ3v) is 5.92. The first-order valence-electron chi connectivity index (χ1n) is 8.42. The zero-order chi connectivity index (χ0) is 20.6. The molecule has 1 rings (SSSR count). The minimum absolute atomic E-state index is 0.0550. The second-order valence-electron chi connectivity index (χ2n) is 6.69. The molecule has 0 radical (unpaired) electrons. The molecule has 0 aromatic heterocycles. The fourth-order valence-electron chi connectivity index (χ4n) is 2.54. The van der Waals surface area contributed by atoms with Crippen molar-refractivity contribution in [2.75, 3.05) is 37.2 Å². The minimum atomic E-state index is -1.06. The van der Waals surface area contributed by atoms with Crippen molar-refractivity contribution in [2.24, 2.45) is 0 Å². The third-order valence-electron chi connectivity index (χ3n) is 3.70. The van der Waals surface area contributed by atoms with Crippen LogP contribution in [0.2, 0.25) is 0 Å². The highest BCUT2D eigenvalue weighted by molar-refractivity contribution is 8.32. The van der Waals surface area contributed by atoms with Gasteiger partial charge >= 0.3 is 17.9 Å². The molecule has 0 spiro atoms. The first-order chi connectivity index (χ1) is 12.6. The standard InChI is InChI=1S/C18H28O8S/c1-7-9-27(5,6)10-8-22-18-17(26-14(4)21)16(25-13(3)20)15(11-23-18)24-12(2)19/h1,15-18H,8-11H2,2-6H3/t15-,16-,17+,18+/m0/s1. The molecule has 0 bridgehead atoms. The molecule has 8 nitrogen and oxygen atoms in total. The molecule has 1 heterocycles. The number of carbonyl (C=O) groups is 3. The number of rotatable bonds is 8. The average Bonchev–Trinajstić information content (AvgIpc) is 2.50. The van der Waals surface area contributed by atoms with E-state index in [1.54, 1.807) is 0 Å². The van der Waals surface area contributed by atoms with Crippen molar-refractivity contribution in [3.05, 3.63) is 0 Å². The van der Waals surface area contributed by atoms with E-state index in [9.17, 15) is 14.4 Å². The summed E-state index contributed by atoms with van der Waals surface area (Å²) in [5.74, 6) is 2.29. The van der Waals surface area contributed by atoms with Crippen molar-refractivity contribution in [3.63, 3.8) is 0 Å². The molecule has 1 aliphatic heterocycles. The SMILES string of the molecule is C#CCS(C)(C)CCO[C@@H]1OC[C@H](OC(C)=O)[C@H](OC(C)=O)[C@H]1OC(C)=O. The van der Waals surface area contributed by atoms with E-state index in [1.807, 2.05) is 0 Å². The van der Waals surface area contributed by atoms with Gasteiger partial charge in [0, 0.05) is 32.3 Å². The molecule has 0 aliphatic carbocycles. The maximum atomic E-state index is 11.5. The van der Waals surface area contributed by atoms with Crippen molar-refractivity contribution < 1.29 is 38.1 Å². The zero-order valence-electron chi connectivity index (χ0n) is 16.4. The molecule has 0 unspecified atom stereocenters. The summed E-state index contributed by atoms with van der Waals surface area (Å²) < 4.78 is 27.0. The molecule has 1 aliphatic rings. The van der Waals surface area contributed by atoms with Gasteiger partial charge in [0.1, 0.15) is 0 Å². The van der Waals surface area contributed by atoms with E-state index in [0.717, 1.165) is 5.75 Å². The van der Waals surface area contributed by atoms with Crippen LogP contribution in [0, 0.1) is 12.3 Å². The van der Waals surface area contributed by atoms with Gasteiger partial charge in [-0.3, -0.25) is 14.4 Å². The second-order valence-corrected chi connectivity index (χ2v) is 10.9. The van der Waals surface area contributed by atoms with Crippen LogP contribution in [-0.4, -0.2) is 79.7 Å². The number of hydrogen-bond donors (Lipinski definition) is 0. The van der Waals surface area contributed by atoms with Gasteiger partial charge in [-0.25, -0.2) is 10.0 Å². The van der Waals surface area contributed by atoms with Crippen LogP contribution in [0.3, 0.4) is 0 Å². The summed E-state index contributed by atoms with van der Waals surface area (Å²) in [6, 6.07) is 0. The van der Waals surface area contributed by atoms with Gasteiger partial charge in [0.2, 0.25) is 0 Å². The first-order valence-corrected chi connectivity index (χ1v) is 11.2. The molecule has 0 aromatic carbocycles. The van der Waals surface area contributed by atoms with E-state index in [0.29, 0.717) is 12.4 Å². The molecular formula is C18H28O8S. The molecule has 27 heavy (non-hydrogen) atoms. The van der Waals surface area contributed by atoms with Crippen LogP contribution >= 0.6 is 10.0 Å². The summed E-state index contributed by atoms with van der Waals surface area (Å²) >= 11 is 0. The Morgan fingerprint density at radius 3 is 2.11 bits per heavy atom. The van der Waals surface area contributed by atoms with Crippen LogP contribution < -0.4 is 0 Å². The van der Waals surface area contributed by atoms with E-state index in [4.69, 9.17) is 30.1 Å². The van der Waals surface area contributed by atoms with E-state index in [1.165, 1.54) is 20.8 Å². The van der Waals surface area contributed by atoms with Gasteiger partial charge in [0.15, 0.2) is 24.6 Å². The first kappa shape index (κ1) is 23.3. The summed E-state index contributed by atoms with van der Waals surface area (Å²) in [4.78, 5) is 34.4. The quantitative estimate of drug-likeness (QED) is 0.334. The van der Waals surface area contributed by atoms with E-state index < -0.39 is 52.5 Å². The Bertz CT molecular complexity index is 582. The lowest BCUT2D eigenvalue weighted by Gasteiger charge is -2.40. The van der Waals surface area contributed by atoms with Gasteiger partial charge in [0.05, 0.1) is 13.2 Å². The Morgan fingerprint density at radius 2 is 1.59 bits per heavy atom. The van der Waals surface area contributed by atoms with Crippen molar-refractivity contribution >= 4 is 27.9 Å². The van der Waals surface area contributed by atoms with Gasteiger partial charge in [-0.2, -0.15) is 0 Å². The summed E-state index contributed by atoms with van der Waals surface area (Å²) in [5, 5.41) is 0. The van der Waals surface area contributed by atoms with Crippen LogP contribution in [0.25, 0.3) is 0 Å². The molecule has 4 atom stereocenters. The number of hydrogen-bond acceptors (Lipinski definition) is 8. The fourth-order valence-corrected chi connectivity index (χ4v) is 3.68. The molecule has 9 heteroatoms. The van der Waals surface area contributed by atoms with Crippen LogP contribution in [0.4, 0.5) is 0 Å². The summed E-state index contributed by atoms with van der Waals surface area (Å²) in [7, 11) is -1.01. The normalized spacial score (nSPS) is 25.8. The van der Waals surface area contributed by atoms with Crippen LogP contribution in [0.1, 0.15) is 20.8 Å². The zero-order valence-corrected chi connectivity index (χ0v) is 17.2. The van der Waals surface area contributed by atoms with Crippen LogP contribution in [0.5, 0.6) is 0 Å². The fraction of sp³-hybridized carbons (Fsp3) is 0.722. The third kappa shape index (κ3) is 8.20. The van der Waals surface area contributed by atoms with Crippen LogP contribution in [0.15, 0.2) is 0 Å². The molecular weight excluding hydrogens is 376 g/mol. The second kappa shape index (κ2) is 10.5. The topological polar surface area (TPSA) is 97.4 Å². The highest BCUT2D eigenvalue weighted by Gasteiger charge is 2.47. The molecule has 1 saturated heterocycles. The molecule has 0 aromatic rings. The highest BCUT2D eigenvalue weighted by Crippen LogP contribution is 2.38. The lowest BCUT2D eigenvalue weighted by atomic mass is 10.0. The Labute approximate surface area is 161 Å². The monoisotopic (exact) mass is 404 g/mol. The summed E-state index contributed by atoms with van der Waals surface area (Å²) in [5.41, 5.74) is 0. The Morgan fingerprint density at radius 1 is 1.04 bits per heavy atom. The summed E-state index contributed by atoms with van der Waals surface area (Å²) in [6.45, 7) is 3.94. The van der Waals surface area contributed by atoms with E-state index in [-0.39, 0.29) is 6.61 Å². The van der Waals surface area contributed by atoms with Crippen molar-refractivity contribution in [2.45, 2.75) is 45.4 Å². The van der Waals surface area contributed by atoms with Crippen molar-refractivity contribution in [1.82, 2.24) is 0 Å². The number of esters is 3. The van der Waals surface area contributed by atoms with Crippen molar-refractivity contribution in [3.8, 4) is 12.3 Å². The number of ether oxygens (including phenoxy) is 5. The largest absolute Gasteiger partial charge is 0.456 e.